The van der Waals surface area contributed by atoms with Crippen molar-refractivity contribution in [1.82, 2.24) is 5.32 Å². The summed E-state index contributed by atoms with van der Waals surface area (Å²) in [4.78, 5) is 11.4. The Labute approximate surface area is 93.4 Å². The summed E-state index contributed by atoms with van der Waals surface area (Å²) in [5.74, 6) is -0.278. The first-order valence-corrected chi connectivity index (χ1v) is 5.54. The zero-order valence-corrected chi connectivity index (χ0v) is 9.24. The Morgan fingerprint density at radius 3 is 2.57 bits per heavy atom. The van der Waals surface area contributed by atoms with Crippen molar-refractivity contribution in [2.75, 3.05) is 5.88 Å². The molecule has 0 aromatic rings. The van der Waals surface area contributed by atoms with Crippen LogP contribution in [0.2, 0.25) is 0 Å². The van der Waals surface area contributed by atoms with Gasteiger partial charge < -0.3 is 5.32 Å². The normalized spacial score (nSPS) is 21.2. The van der Waals surface area contributed by atoms with E-state index in [-0.39, 0.29) is 11.8 Å². The second-order valence-electron chi connectivity index (χ2n) is 3.51. The Hall–Kier alpha value is -0.460. The fraction of sp³-hybridized carbons (Fsp3) is 0.778. The van der Waals surface area contributed by atoms with Crippen LogP contribution < -0.4 is 5.32 Å². The Morgan fingerprint density at radius 2 is 2.14 bits per heavy atom. The lowest BCUT2D eigenvalue weighted by molar-refractivity contribution is -0.121. The number of nitrogens with zero attached hydrogens (tertiary/aromatic N) is 1. The van der Waals surface area contributed by atoms with Gasteiger partial charge in [-0.3, -0.25) is 4.79 Å². The predicted molar refractivity (Wildman–Crippen MR) is 55.3 cm³/mol. The molecule has 14 heavy (non-hydrogen) atoms. The summed E-state index contributed by atoms with van der Waals surface area (Å²) in [6.45, 7) is 0. The van der Waals surface area contributed by atoms with Gasteiger partial charge in [-0.25, -0.2) is 0 Å². The Morgan fingerprint density at radius 1 is 1.57 bits per heavy atom. The standard InChI is InChI=1S/C9H12Cl2N2O/c10-5-7(11)8(14)13-9(6-12)3-1-2-4-9/h7H,1-5H2,(H,13,14). The minimum Gasteiger partial charge on any atom is -0.336 e. The third kappa shape index (κ3) is 2.52. The van der Waals surface area contributed by atoms with E-state index in [2.05, 4.69) is 11.4 Å². The highest BCUT2D eigenvalue weighted by Crippen LogP contribution is 2.29. The minimum atomic E-state index is -0.748. The molecule has 0 aromatic carbocycles. The molecule has 1 unspecified atom stereocenters. The maximum Gasteiger partial charge on any atom is 0.240 e. The fourth-order valence-corrected chi connectivity index (χ4v) is 1.82. The van der Waals surface area contributed by atoms with Crippen molar-refractivity contribution in [3.05, 3.63) is 0 Å². The van der Waals surface area contributed by atoms with Crippen molar-refractivity contribution < 1.29 is 4.79 Å². The zero-order valence-electron chi connectivity index (χ0n) is 7.72. The van der Waals surface area contributed by atoms with Gasteiger partial charge in [0, 0.05) is 5.88 Å². The quantitative estimate of drug-likeness (QED) is 0.758. The van der Waals surface area contributed by atoms with Crippen LogP contribution >= 0.6 is 23.2 Å². The SMILES string of the molecule is N#CC1(NC(=O)C(Cl)CCl)CCCC1. The van der Waals surface area contributed by atoms with Gasteiger partial charge in [0.2, 0.25) is 5.91 Å². The van der Waals surface area contributed by atoms with Gasteiger partial charge in [0.25, 0.3) is 0 Å². The van der Waals surface area contributed by atoms with Crippen LogP contribution in [0.15, 0.2) is 0 Å². The smallest absolute Gasteiger partial charge is 0.240 e. The van der Waals surface area contributed by atoms with Gasteiger partial charge >= 0.3 is 0 Å². The number of carbonyl (C=O) groups excluding carboxylic acids is 1. The summed E-state index contributed by atoms with van der Waals surface area (Å²) in [7, 11) is 0. The molecular weight excluding hydrogens is 223 g/mol. The number of nitrogens with one attached hydrogen (secondary N) is 1. The molecule has 0 spiro atoms. The highest BCUT2D eigenvalue weighted by molar-refractivity contribution is 6.36. The fourth-order valence-electron chi connectivity index (χ4n) is 1.63. The Kier molecular flexibility index (Phi) is 4.03. The van der Waals surface area contributed by atoms with E-state index in [1.165, 1.54) is 0 Å². The second-order valence-corrected chi connectivity index (χ2v) is 4.35. The Bertz CT molecular complexity index is 256. The highest BCUT2D eigenvalue weighted by Gasteiger charge is 2.36. The van der Waals surface area contributed by atoms with Crippen molar-refractivity contribution in [2.45, 2.75) is 36.6 Å². The molecule has 0 heterocycles. The van der Waals surface area contributed by atoms with Crippen molar-refractivity contribution in [3.63, 3.8) is 0 Å². The van der Waals surface area contributed by atoms with Gasteiger partial charge in [0.1, 0.15) is 10.9 Å². The first kappa shape index (κ1) is 11.6. The Balaban J connectivity index is 2.57. The average molecular weight is 235 g/mol. The summed E-state index contributed by atoms with van der Waals surface area (Å²) in [5.41, 5.74) is -0.698. The molecule has 5 heteroatoms. The highest BCUT2D eigenvalue weighted by atomic mass is 35.5. The second kappa shape index (κ2) is 4.86. The molecular formula is C9H12Cl2N2O. The lowest BCUT2D eigenvalue weighted by Gasteiger charge is -2.22. The van der Waals surface area contributed by atoms with Crippen LogP contribution in [0.3, 0.4) is 0 Å². The maximum atomic E-state index is 11.4. The van der Waals surface area contributed by atoms with Crippen LogP contribution in [0.25, 0.3) is 0 Å². The maximum absolute atomic E-state index is 11.4. The van der Waals surface area contributed by atoms with E-state index in [4.69, 9.17) is 28.5 Å². The van der Waals surface area contributed by atoms with Crippen LogP contribution in [0.4, 0.5) is 0 Å². The van der Waals surface area contributed by atoms with Crippen LogP contribution in [0.1, 0.15) is 25.7 Å². The van der Waals surface area contributed by atoms with Gasteiger partial charge in [-0.15, -0.1) is 23.2 Å². The summed E-state index contributed by atoms with van der Waals surface area (Å²) in [6, 6.07) is 2.15. The van der Waals surface area contributed by atoms with Crippen molar-refractivity contribution in [2.24, 2.45) is 0 Å². The lowest BCUT2D eigenvalue weighted by Crippen LogP contribution is -2.48. The average Bonchev–Trinajstić information content (AvgIpc) is 2.65. The van der Waals surface area contributed by atoms with Gasteiger partial charge in [0.15, 0.2) is 0 Å². The van der Waals surface area contributed by atoms with E-state index in [0.29, 0.717) is 12.8 Å². The molecule has 0 saturated heterocycles. The van der Waals surface area contributed by atoms with Gasteiger partial charge in [0.05, 0.1) is 6.07 Å². The number of halogens is 2. The number of hydrogen-bond donors (Lipinski definition) is 1. The molecule has 1 N–H and O–H groups in total. The third-order valence-corrected chi connectivity index (χ3v) is 3.27. The van der Waals surface area contributed by atoms with E-state index >= 15 is 0 Å². The summed E-state index contributed by atoms with van der Waals surface area (Å²) >= 11 is 11.1. The molecule has 1 aliphatic carbocycles. The van der Waals surface area contributed by atoms with Crippen LogP contribution in [-0.2, 0) is 4.79 Å². The summed E-state index contributed by atoms with van der Waals surface area (Å²) in [5, 5.41) is 10.9. The number of amides is 1. The number of rotatable bonds is 3. The molecule has 0 radical (unpaired) electrons. The number of hydrogen-bond acceptors (Lipinski definition) is 2. The first-order chi connectivity index (χ1) is 6.63. The van der Waals surface area contributed by atoms with E-state index in [9.17, 15) is 4.79 Å². The molecule has 0 bridgehead atoms. The molecule has 3 nitrogen and oxygen atoms in total. The molecule has 1 amide bonds. The summed E-state index contributed by atoms with van der Waals surface area (Å²) in [6.07, 6.45) is 3.37. The zero-order chi connectivity index (χ0) is 10.6. The number of nitriles is 1. The number of carbonyl (C=O) groups is 1. The molecule has 1 saturated carbocycles. The molecule has 78 valence electrons. The molecule has 1 fully saturated rings. The van der Waals surface area contributed by atoms with E-state index in [1.54, 1.807) is 0 Å². The van der Waals surface area contributed by atoms with Crippen LogP contribution in [0.5, 0.6) is 0 Å². The molecule has 1 aliphatic rings. The topological polar surface area (TPSA) is 52.9 Å². The molecule has 1 rings (SSSR count). The van der Waals surface area contributed by atoms with Gasteiger partial charge in [-0.05, 0) is 25.7 Å². The minimum absolute atomic E-state index is 0.0644. The van der Waals surface area contributed by atoms with Crippen molar-refractivity contribution >= 4 is 29.1 Å². The van der Waals surface area contributed by atoms with Gasteiger partial charge in [-0.2, -0.15) is 5.26 Å². The first-order valence-electron chi connectivity index (χ1n) is 4.57. The summed E-state index contributed by atoms with van der Waals surface area (Å²) < 4.78 is 0. The number of alkyl halides is 2. The molecule has 0 aromatic heterocycles. The largest absolute Gasteiger partial charge is 0.336 e. The lowest BCUT2D eigenvalue weighted by atomic mass is 10.00. The third-order valence-electron chi connectivity index (χ3n) is 2.45. The van der Waals surface area contributed by atoms with E-state index in [0.717, 1.165) is 12.8 Å². The molecule has 1 atom stereocenters. The van der Waals surface area contributed by atoms with E-state index < -0.39 is 10.9 Å². The van der Waals surface area contributed by atoms with Crippen LogP contribution in [-0.4, -0.2) is 22.7 Å². The van der Waals surface area contributed by atoms with Gasteiger partial charge in [-0.1, -0.05) is 0 Å². The van der Waals surface area contributed by atoms with Crippen molar-refractivity contribution in [1.29, 1.82) is 5.26 Å². The predicted octanol–water partition coefficient (Wildman–Crippen LogP) is 1.79. The monoisotopic (exact) mass is 234 g/mol. The van der Waals surface area contributed by atoms with Crippen molar-refractivity contribution in [3.8, 4) is 6.07 Å². The van der Waals surface area contributed by atoms with Crippen LogP contribution in [0, 0.1) is 11.3 Å². The molecule has 0 aliphatic heterocycles. The van der Waals surface area contributed by atoms with E-state index in [1.807, 2.05) is 0 Å².